The number of rotatable bonds is 4. The van der Waals surface area contributed by atoms with Crippen LogP contribution in [-0.4, -0.2) is 15.3 Å². The van der Waals surface area contributed by atoms with Gasteiger partial charge >= 0.3 is 0 Å². The maximum absolute atomic E-state index is 12.5. The minimum Gasteiger partial charge on any atom is -0.464 e. The van der Waals surface area contributed by atoms with Gasteiger partial charge in [-0.25, -0.2) is 4.98 Å². The molecule has 0 amide bonds. The van der Waals surface area contributed by atoms with Gasteiger partial charge in [-0.2, -0.15) is 0 Å². The molecule has 1 aromatic carbocycles. The molecule has 0 unspecified atom stereocenters. The number of benzene rings is 1. The molecule has 0 N–H and O–H groups in total. The summed E-state index contributed by atoms with van der Waals surface area (Å²) >= 11 is 0. The number of hydrogen-bond donors (Lipinski definition) is 0. The summed E-state index contributed by atoms with van der Waals surface area (Å²) in [6.45, 7) is 2.86. The Kier molecular flexibility index (Phi) is 2.91. The van der Waals surface area contributed by atoms with Gasteiger partial charge in [-0.15, -0.1) is 0 Å². The van der Waals surface area contributed by atoms with Gasteiger partial charge in [0.2, 0.25) is 5.78 Å². The third-order valence-corrected chi connectivity index (χ3v) is 3.11. The first-order valence-corrected chi connectivity index (χ1v) is 6.33. The Hall–Kier alpha value is -2.36. The second-order valence-electron chi connectivity index (χ2n) is 4.42. The van der Waals surface area contributed by atoms with Crippen LogP contribution in [0.3, 0.4) is 0 Å². The molecule has 0 saturated carbocycles. The third kappa shape index (κ3) is 1.95. The molecule has 0 atom stereocenters. The van der Waals surface area contributed by atoms with Crippen molar-refractivity contribution in [1.82, 2.24) is 9.55 Å². The zero-order chi connectivity index (χ0) is 13.2. The van der Waals surface area contributed by atoms with E-state index in [-0.39, 0.29) is 5.78 Å². The van der Waals surface area contributed by atoms with E-state index in [1.165, 1.54) is 6.26 Å². The van der Waals surface area contributed by atoms with E-state index in [0.29, 0.717) is 11.4 Å². The maximum Gasteiger partial charge on any atom is 0.232 e. The Morgan fingerprint density at radius 3 is 3.05 bits per heavy atom. The van der Waals surface area contributed by atoms with Crippen LogP contribution >= 0.6 is 0 Å². The van der Waals surface area contributed by atoms with Gasteiger partial charge in [-0.05, 0) is 12.5 Å². The molecule has 3 aromatic rings. The van der Waals surface area contributed by atoms with E-state index < -0.39 is 0 Å². The lowest BCUT2D eigenvalue weighted by molar-refractivity contribution is 0.102. The molecule has 3 rings (SSSR count). The first-order chi connectivity index (χ1) is 9.31. The number of nitrogens with zero attached hydrogens (tertiary/aromatic N) is 2. The number of carbonyl (C=O) groups is 1. The van der Waals surface area contributed by atoms with Crippen molar-refractivity contribution in [3.8, 4) is 0 Å². The zero-order valence-electron chi connectivity index (χ0n) is 10.7. The predicted octanol–water partition coefficient (Wildman–Crippen LogP) is 3.27. The first kappa shape index (κ1) is 11.7. The Morgan fingerprint density at radius 1 is 1.37 bits per heavy atom. The van der Waals surface area contributed by atoms with Crippen LogP contribution in [0.4, 0.5) is 0 Å². The number of fused-ring (bicyclic) bond motifs is 1. The standard InChI is InChI=1S/C15H14N2O2/c1-2-8-17-9-7-16-15(17)14(18)12-10-19-13-6-4-3-5-11(12)13/h3-7,9-10H,2,8H2,1H3. The van der Waals surface area contributed by atoms with E-state index in [1.54, 1.807) is 6.20 Å². The van der Waals surface area contributed by atoms with Gasteiger partial charge in [0.1, 0.15) is 11.8 Å². The number of imidazole rings is 1. The molecule has 0 radical (unpaired) electrons. The van der Waals surface area contributed by atoms with Crippen LogP contribution in [0, 0.1) is 0 Å². The largest absolute Gasteiger partial charge is 0.464 e. The van der Waals surface area contributed by atoms with Crippen molar-refractivity contribution in [1.29, 1.82) is 0 Å². The number of aryl methyl sites for hydroxylation is 1. The Balaban J connectivity index is 2.06. The molecule has 2 aromatic heterocycles. The summed E-state index contributed by atoms with van der Waals surface area (Å²) in [6.07, 6.45) is 5.96. The van der Waals surface area contributed by atoms with Crippen molar-refractivity contribution in [3.63, 3.8) is 0 Å². The van der Waals surface area contributed by atoms with Crippen LogP contribution in [0.2, 0.25) is 0 Å². The lowest BCUT2D eigenvalue weighted by atomic mass is 10.1. The molecule has 96 valence electrons. The van der Waals surface area contributed by atoms with Gasteiger partial charge in [0, 0.05) is 24.3 Å². The fraction of sp³-hybridized carbons (Fsp3) is 0.200. The minimum absolute atomic E-state index is 0.0941. The summed E-state index contributed by atoms with van der Waals surface area (Å²) in [5.41, 5.74) is 1.29. The van der Waals surface area contributed by atoms with E-state index in [9.17, 15) is 4.79 Å². The number of ketones is 1. The summed E-state index contributed by atoms with van der Waals surface area (Å²) in [4.78, 5) is 16.7. The molecule has 0 aliphatic rings. The highest BCUT2D eigenvalue weighted by molar-refractivity contribution is 6.14. The molecule has 0 aliphatic heterocycles. The topological polar surface area (TPSA) is 48.0 Å². The van der Waals surface area contributed by atoms with Crippen molar-refractivity contribution in [2.45, 2.75) is 19.9 Å². The van der Waals surface area contributed by atoms with Crippen molar-refractivity contribution in [2.24, 2.45) is 0 Å². The Bertz CT molecular complexity index is 724. The maximum atomic E-state index is 12.5. The van der Waals surface area contributed by atoms with E-state index >= 15 is 0 Å². The SMILES string of the molecule is CCCn1ccnc1C(=O)c1coc2ccccc12. The van der Waals surface area contributed by atoms with Gasteiger partial charge in [0.15, 0.2) is 5.82 Å². The summed E-state index contributed by atoms with van der Waals surface area (Å²) in [5, 5.41) is 0.832. The predicted molar refractivity (Wildman–Crippen MR) is 72.2 cm³/mol. The summed E-state index contributed by atoms with van der Waals surface area (Å²) in [5.74, 6) is 0.372. The van der Waals surface area contributed by atoms with Crippen molar-refractivity contribution >= 4 is 16.8 Å². The van der Waals surface area contributed by atoms with Crippen LogP contribution in [0.15, 0.2) is 47.3 Å². The van der Waals surface area contributed by atoms with Gasteiger partial charge in [0.05, 0.1) is 5.56 Å². The molecule has 0 fully saturated rings. The normalized spacial score (nSPS) is 11.0. The first-order valence-electron chi connectivity index (χ1n) is 6.33. The molecule has 0 spiro atoms. The summed E-state index contributed by atoms with van der Waals surface area (Å²) in [7, 11) is 0. The average molecular weight is 254 g/mol. The number of hydrogen-bond acceptors (Lipinski definition) is 3. The van der Waals surface area contributed by atoms with Crippen molar-refractivity contribution in [2.75, 3.05) is 0 Å². The van der Waals surface area contributed by atoms with Crippen molar-refractivity contribution in [3.05, 3.63) is 54.3 Å². The second-order valence-corrected chi connectivity index (χ2v) is 4.42. The Morgan fingerprint density at radius 2 is 2.21 bits per heavy atom. The Labute approximate surface area is 110 Å². The van der Waals surface area contributed by atoms with Crippen LogP contribution in [0.1, 0.15) is 29.5 Å². The smallest absolute Gasteiger partial charge is 0.232 e. The minimum atomic E-state index is -0.0941. The second kappa shape index (κ2) is 4.72. The molecule has 0 saturated heterocycles. The molecule has 0 aliphatic carbocycles. The number of para-hydroxylation sites is 1. The molecular weight excluding hydrogens is 240 g/mol. The highest BCUT2D eigenvalue weighted by Gasteiger charge is 2.19. The molecule has 0 bridgehead atoms. The van der Waals surface area contributed by atoms with Crippen molar-refractivity contribution < 1.29 is 9.21 Å². The molecule has 2 heterocycles. The third-order valence-electron chi connectivity index (χ3n) is 3.11. The van der Waals surface area contributed by atoms with Crippen LogP contribution in [0.25, 0.3) is 11.0 Å². The fourth-order valence-electron chi connectivity index (χ4n) is 2.21. The van der Waals surface area contributed by atoms with Crippen LogP contribution in [0.5, 0.6) is 0 Å². The van der Waals surface area contributed by atoms with E-state index in [2.05, 4.69) is 11.9 Å². The number of furan rings is 1. The van der Waals surface area contributed by atoms with E-state index in [1.807, 2.05) is 35.0 Å². The fourth-order valence-corrected chi connectivity index (χ4v) is 2.21. The number of carbonyl (C=O) groups excluding carboxylic acids is 1. The molecular formula is C15H14N2O2. The lowest BCUT2D eigenvalue weighted by Gasteiger charge is -2.04. The highest BCUT2D eigenvalue weighted by atomic mass is 16.3. The van der Waals surface area contributed by atoms with E-state index in [0.717, 1.165) is 23.9 Å². The average Bonchev–Trinajstić information content (AvgIpc) is 3.04. The van der Waals surface area contributed by atoms with Crippen LogP contribution < -0.4 is 0 Å². The zero-order valence-corrected chi connectivity index (χ0v) is 10.7. The molecule has 19 heavy (non-hydrogen) atoms. The van der Waals surface area contributed by atoms with Crippen LogP contribution in [-0.2, 0) is 6.54 Å². The quantitative estimate of drug-likeness (QED) is 0.671. The van der Waals surface area contributed by atoms with Gasteiger partial charge < -0.3 is 8.98 Å². The van der Waals surface area contributed by atoms with Gasteiger partial charge in [0.25, 0.3) is 0 Å². The van der Waals surface area contributed by atoms with E-state index in [4.69, 9.17) is 4.42 Å². The number of aromatic nitrogens is 2. The molecule has 4 heteroatoms. The summed E-state index contributed by atoms with van der Waals surface area (Å²) < 4.78 is 7.29. The van der Waals surface area contributed by atoms with Gasteiger partial charge in [-0.1, -0.05) is 25.1 Å². The van der Waals surface area contributed by atoms with Gasteiger partial charge in [-0.3, -0.25) is 4.79 Å². The highest BCUT2D eigenvalue weighted by Crippen LogP contribution is 2.22. The lowest BCUT2D eigenvalue weighted by Crippen LogP contribution is -2.10. The molecule has 4 nitrogen and oxygen atoms in total. The summed E-state index contributed by atoms with van der Waals surface area (Å²) in [6, 6.07) is 7.52. The monoisotopic (exact) mass is 254 g/mol.